The molecule has 1 amide bonds. The number of piperazine rings is 1. The molecular formula is C15H22FN3O. The van der Waals surface area contributed by atoms with E-state index in [0.717, 1.165) is 25.2 Å². The third kappa shape index (κ3) is 3.77. The molecule has 0 saturated carbocycles. The van der Waals surface area contributed by atoms with Crippen molar-refractivity contribution < 1.29 is 9.18 Å². The number of likely N-dealkylation sites (N-methyl/N-ethyl adjacent to an activating group) is 1. The highest BCUT2D eigenvalue weighted by Crippen LogP contribution is 2.12. The second-order valence-corrected chi connectivity index (χ2v) is 5.37. The monoisotopic (exact) mass is 279 g/mol. The van der Waals surface area contributed by atoms with Crippen molar-refractivity contribution in [2.24, 2.45) is 5.73 Å². The Morgan fingerprint density at radius 3 is 2.95 bits per heavy atom. The van der Waals surface area contributed by atoms with Gasteiger partial charge < -0.3 is 15.5 Å². The fraction of sp³-hybridized carbons (Fsp3) is 0.533. The Kier molecular flexibility index (Phi) is 5.09. The van der Waals surface area contributed by atoms with Crippen molar-refractivity contribution in [3.8, 4) is 0 Å². The molecule has 1 atom stereocenters. The van der Waals surface area contributed by atoms with Gasteiger partial charge in [-0.25, -0.2) is 4.39 Å². The lowest BCUT2D eigenvalue weighted by Crippen LogP contribution is -2.56. The van der Waals surface area contributed by atoms with Crippen LogP contribution in [0.1, 0.15) is 12.0 Å². The van der Waals surface area contributed by atoms with Gasteiger partial charge in [0, 0.05) is 32.6 Å². The number of rotatable bonds is 4. The van der Waals surface area contributed by atoms with Crippen molar-refractivity contribution in [3.63, 3.8) is 0 Å². The molecule has 0 aliphatic carbocycles. The van der Waals surface area contributed by atoms with Gasteiger partial charge in [0.15, 0.2) is 0 Å². The molecule has 0 bridgehead atoms. The second kappa shape index (κ2) is 6.81. The molecule has 0 spiro atoms. The number of hydrogen-bond donors (Lipinski definition) is 1. The van der Waals surface area contributed by atoms with E-state index in [0.29, 0.717) is 19.4 Å². The van der Waals surface area contributed by atoms with E-state index in [1.54, 1.807) is 6.07 Å². The predicted molar refractivity (Wildman–Crippen MR) is 76.8 cm³/mol. The van der Waals surface area contributed by atoms with Crippen LogP contribution in [-0.4, -0.2) is 55.0 Å². The van der Waals surface area contributed by atoms with Crippen LogP contribution in [0, 0.1) is 5.82 Å². The van der Waals surface area contributed by atoms with Gasteiger partial charge in [-0.2, -0.15) is 0 Å². The minimum atomic E-state index is -0.255. The molecule has 1 heterocycles. The summed E-state index contributed by atoms with van der Waals surface area (Å²) in [5, 5.41) is 0. The zero-order chi connectivity index (χ0) is 14.5. The summed E-state index contributed by atoms with van der Waals surface area (Å²) in [4.78, 5) is 16.4. The molecule has 110 valence electrons. The predicted octanol–water partition coefficient (Wildman–Crippen LogP) is 0.860. The molecular weight excluding hydrogens is 257 g/mol. The molecule has 20 heavy (non-hydrogen) atoms. The Morgan fingerprint density at radius 1 is 1.45 bits per heavy atom. The largest absolute Gasteiger partial charge is 0.336 e. The normalized spacial score (nSPS) is 20.1. The van der Waals surface area contributed by atoms with Crippen molar-refractivity contribution in [2.45, 2.75) is 18.9 Å². The Balaban J connectivity index is 1.91. The molecule has 2 N–H and O–H groups in total. The van der Waals surface area contributed by atoms with Crippen LogP contribution >= 0.6 is 0 Å². The molecule has 5 heteroatoms. The van der Waals surface area contributed by atoms with E-state index in [1.165, 1.54) is 12.1 Å². The van der Waals surface area contributed by atoms with Gasteiger partial charge in [-0.15, -0.1) is 0 Å². The number of benzene rings is 1. The van der Waals surface area contributed by atoms with Gasteiger partial charge in [0.25, 0.3) is 0 Å². The lowest BCUT2D eigenvalue weighted by molar-refractivity contribution is -0.135. The Hall–Kier alpha value is -1.46. The Bertz CT molecular complexity index is 466. The molecule has 1 saturated heterocycles. The first kappa shape index (κ1) is 14.9. The average molecular weight is 279 g/mol. The van der Waals surface area contributed by atoms with E-state index in [-0.39, 0.29) is 17.8 Å². The zero-order valence-corrected chi connectivity index (χ0v) is 11.9. The molecule has 1 fully saturated rings. The minimum absolute atomic E-state index is 0.0914. The highest BCUT2D eigenvalue weighted by Gasteiger charge is 2.27. The van der Waals surface area contributed by atoms with Gasteiger partial charge in [-0.3, -0.25) is 4.79 Å². The van der Waals surface area contributed by atoms with E-state index < -0.39 is 0 Å². The molecule has 1 aliphatic rings. The molecule has 0 radical (unpaired) electrons. The highest BCUT2D eigenvalue weighted by molar-refractivity contribution is 5.77. The van der Waals surface area contributed by atoms with Crippen LogP contribution in [0.4, 0.5) is 4.39 Å². The fourth-order valence-electron chi connectivity index (χ4n) is 2.63. The summed E-state index contributed by atoms with van der Waals surface area (Å²) >= 11 is 0. The van der Waals surface area contributed by atoms with Gasteiger partial charge in [0.2, 0.25) is 5.91 Å². The van der Waals surface area contributed by atoms with Gasteiger partial charge in [-0.05, 0) is 31.2 Å². The lowest BCUT2D eigenvalue weighted by atomic mass is 10.1. The van der Waals surface area contributed by atoms with Crippen LogP contribution < -0.4 is 5.73 Å². The van der Waals surface area contributed by atoms with Gasteiger partial charge in [0.05, 0.1) is 6.04 Å². The number of aryl methyl sites for hydroxylation is 1. The summed E-state index contributed by atoms with van der Waals surface area (Å²) in [5.74, 6) is -0.146. The molecule has 1 unspecified atom stereocenters. The first-order valence-corrected chi connectivity index (χ1v) is 7.02. The number of carbonyl (C=O) groups excluding carboxylic acids is 1. The van der Waals surface area contributed by atoms with Crippen LogP contribution in [0.3, 0.4) is 0 Å². The fourth-order valence-corrected chi connectivity index (χ4v) is 2.63. The number of halogens is 1. The van der Waals surface area contributed by atoms with Crippen LogP contribution in [0.15, 0.2) is 24.3 Å². The summed E-state index contributed by atoms with van der Waals surface area (Å²) in [6.07, 6.45) is 0.976. The maximum Gasteiger partial charge on any atom is 0.223 e. The maximum absolute atomic E-state index is 13.1. The van der Waals surface area contributed by atoms with E-state index in [4.69, 9.17) is 5.73 Å². The van der Waals surface area contributed by atoms with E-state index in [2.05, 4.69) is 4.90 Å². The van der Waals surface area contributed by atoms with E-state index in [9.17, 15) is 9.18 Å². The maximum atomic E-state index is 13.1. The highest BCUT2D eigenvalue weighted by atomic mass is 19.1. The molecule has 1 aromatic carbocycles. The second-order valence-electron chi connectivity index (χ2n) is 5.37. The van der Waals surface area contributed by atoms with Gasteiger partial charge in [-0.1, -0.05) is 12.1 Å². The molecule has 1 aliphatic heterocycles. The van der Waals surface area contributed by atoms with Crippen molar-refractivity contribution in [1.82, 2.24) is 9.80 Å². The van der Waals surface area contributed by atoms with Crippen LogP contribution in [0.2, 0.25) is 0 Å². The van der Waals surface area contributed by atoms with Crippen LogP contribution in [0.5, 0.6) is 0 Å². The quantitative estimate of drug-likeness (QED) is 0.889. The van der Waals surface area contributed by atoms with Crippen molar-refractivity contribution in [2.75, 3.05) is 33.2 Å². The summed E-state index contributed by atoms with van der Waals surface area (Å²) < 4.78 is 13.1. The SMILES string of the molecule is CN1CCN(C(=O)CCc2cccc(F)c2)C(CN)C1. The van der Waals surface area contributed by atoms with E-state index in [1.807, 2.05) is 18.0 Å². The molecule has 1 aromatic rings. The summed E-state index contributed by atoms with van der Waals surface area (Å²) in [7, 11) is 2.04. The number of amides is 1. The Labute approximate surface area is 119 Å². The van der Waals surface area contributed by atoms with Crippen molar-refractivity contribution >= 4 is 5.91 Å². The minimum Gasteiger partial charge on any atom is -0.336 e. The standard InChI is InChI=1S/C15H22FN3O/c1-18-7-8-19(14(10-17)11-18)15(20)6-5-12-3-2-4-13(16)9-12/h2-4,9,14H,5-8,10-11,17H2,1H3. The van der Waals surface area contributed by atoms with Gasteiger partial charge >= 0.3 is 0 Å². The summed E-state index contributed by atoms with van der Waals surface area (Å²) in [5.41, 5.74) is 6.61. The smallest absolute Gasteiger partial charge is 0.223 e. The molecule has 4 nitrogen and oxygen atoms in total. The topological polar surface area (TPSA) is 49.6 Å². The summed E-state index contributed by atoms with van der Waals surface area (Å²) in [6, 6.07) is 6.51. The van der Waals surface area contributed by atoms with Crippen molar-refractivity contribution in [1.29, 1.82) is 0 Å². The number of nitrogens with zero attached hydrogens (tertiary/aromatic N) is 2. The van der Waals surface area contributed by atoms with Crippen molar-refractivity contribution in [3.05, 3.63) is 35.6 Å². The van der Waals surface area contributed by atoms with E-state index >= 15 is 0 Å². The lowest BCUT2D eigenvalue weighted by Gasteiger charge is -2.39. The molecule has 0 aromatic heterocycles. The zero-order valence-electron chi connectivity index (χ0n) is 11.9. The number of nitrogens with two attached hydrogens (primary N) is 1. The third-order valence-electron chi connectivity index (χ3n) is 3.79. The summed E-state index contributed by atoms with van der Waals surface area (Å²) in [6.45, 7) is 2.90. The first-order chi connectivity index (χ1) is 9.60. The average Bonchev–Trinajstić information content (AvgIpc) is 2.44. The van der Waals surface area contributed by atoms with Crippen LogP contribution in [0.25, 0.3) is 0 Å². The van der Waals surface area contributed by atoms with Crippen LogP contribution in [-0.2, 0) is 11.2 Å². The number of carbonyl (C=O) groups is 1. The Morgan fingerprint density at radius 2 is 2.25 bits per heavy atom. The third-order valence-corrected chi connectivity index (χ3v) is 3.79. The molecule has 2 rings (SSSR count). The number of hydrogen-bond acceptors (Lipinski definition) is 3. The first-order valence-electron chi connectivity index (χ1n) is 7.02. The van der Waals surface area contributed by atoms with Gasteiger partial charge in [0.1, 0.15) is 5.82 Å².